The Morgan fingerprint density at radius 3 is 2.76 bits per heavy atom. The Morgan fingerprint density at radius 2 is 2.12 bits per heavy atom. The first-order valence-corrected chi connectivity index (χ1v) is 6.41. The van der Waals surface area contributed by atoms with Gasteiger partial charge in [0, 0.05) is 18.6 Å². The third-order valence-corrected chi connectivity index (χ3v) is 3.40. The number of hydrogen-bond donors (Lipinski definition) is 1. The average Bonchev–Trinajstić information content (AvgIpc) is 2.85. The number of nitrogens with zero attached hydrogens (tertiary/aromatic N) is 2. The molecule has 0 bridgehead atoms. The maximum Gasteiger partial charge on any atom is 0.229 e. The van der Waals surface area contributed by atoms with Crippen LogP contribution in [-0.4, -0.2) is 29.8 Å². The van der Waals surface area contributed by atoms with Crippen LogP contribution < -0.4 is 5.32 Å². The van der Waals surface area contributed by atoms with Crippen molar-refractivity contribution in [3.63, 3.8) is 0 Å². The van der Waals surface area contributed by atoms with Crippen LogP contribution in [0.25, 0.3) is 0 Å². The molecule has 1 saturated carbocycles. The van der Waals surface area contributed by atoms with Crippen molar-refractivity contribution < 1.29 is 9.26 Å². The summed E-state index contributed by atoms with van der Waals surface area (Å²) in [6.45, 7) is 3.09. The van der Waals surface area contributed by atoms with Crippen LogP contribution in [0.3, 0.4) is 0 Å². The predicted molar refractivity (Wildman–Crippen MR) is 63.7 cm³/mol. The Balaban J connectivity index is 1.87. The van der Waals surface area contributed by atoms with Gasteiger partial charge in [-0.05, 0) is 39.7 Å². The first-order valence-electron chi connectivity index (χ1n) is 6.41. The van der Waals surface area contributed by atoms with E-state index in [4.69, 9.17) is 9.26 Å². The summed E-state index contributed by atoms with van der Waals surface area (Å²) in [6, 6.07) is 0.650. The molecule has 1 aromatic heterocycles. The Kier molecular flexibility index (Phi) is 4.50. The highest BCUT2D eigenvalue weighted by molar-refractivity contribution is 4.96. The highest BCUT2D eigenvalue weighted by Crippen LogP contribution is 2.31. The van der Waals surface area contributed by atoms with Crippen LogP contribution in [0.4, 0.5) is 0 Å². The van der Waals surface area contributed by atoms with Gasteiger partial charge in [-0.25, -0.2) is 0 Å². The van der Waals surface area contributed by atoms with E-state index in [2.05, 4.69) is 15.5 Å². The maximum absolute atomic E-state index is 5.31. The van der Waals surface area contributed by atoms with Gasteiger partial charge in [0.2, 0.25) is 5.89 Å². The number of hydrogen-bond acceptors (Lipinski definition) is 5. The van der Waals surface area contributed by atoms with Crippen molar-refractivity contribution in [3.05, 3.63) is 11.7 Å². The second-order valence-corrected chi connectivity index (χ2v) is 4.52. The van der Waals surface area contributed by atoms with Gasteiger partial charge in [-0.2, -0.15) is 4.98 Å². The lowest BCUT2D eigenvalue weighted by atomic mass is 9.86. The van der Waals surface area contributed by atoms with Crippen molar-refractivity contribution in [2.45, 2.75) is 51.2 Å². The summed E-state index contributed by atoms with van der Waals surface area (Å²) in [5.74, 6) is 1.88. The third-order valence-electron chi connectivity index (χ3n) is 3.40. The van der Waals surface area contributed by atoms with Gasteiger partial charge < -0.3 is 14.6 Å². The summed E-state index contributed by atoms with van der Waals surface area (Å²) in [5.41, 5.74) is 0. The van der Waals surface area contributed by atoms with Crippen molar-refractivity contribution in [1.82, 2.24) is 15.5 Å². The van der Waals surface area contributed by atoms with Gasteiger partial charge in [0.05, 0.1) is 0 Å². The minimum absolute atomic E-state index is 0.433. The van der Waals surface area contributed by atoms with Gasteiger partial charge in [-0.1, -0.05) is 5.16 Å². The zero-order valence-corrected chi connectivity index (χ0v) is 10.6. The van der Waals surface area contributed by atoms with E-state index in [1.54, 1.807) is 0 Å². The van der Waals surface area contributed by atoms with Gasteiger partial charge in [-0.3, -0.25) is 0 Å². The van der Waals surface area contributed by atoms with Crippen LogP contribution >= 0.6 is 0 Å². The second kappa shape index (κ2) is 6.12. The fourth-order valence-corrected chi connectivity index (χ4v) is 2.31. The summed E-state index contributed by atoms with van der Waals surface area (Å²) in [5, 5.41) is 7.26. The van der Waals surface area contributed by atoms with E-state index in [9.17, 15) is 0 Å². The van der Waals surface area contributed by atoms with E-state index in [-0.39, 0.29) is 0 Å². The van der Waals surface area contributed by atoms with Gasteiger partial charge in [0.25, 0.3) is 0 Å². The second-order valence-electron chi connectivity index (χ2n) is 4.52. The first kappa shape index (κ1) is 12.5. The first-order chi connectivity index (χ1) is 8.33. The number of aromatic nitrogens is 2. The van der Waals surface area contributed by atoms with E-state index >= 15 is 0 Å². The zero-order valence-electron chi connectivity index (χ0n) is 10.6. The molecule has 0 spiro atoms. The fraction of sp³-hybridized carbons (Fsp3) is 0.833. The summed E-state index contributed by atoms with van der Waals surface area (Å²) >= 11 is 0. The normalized spacial score (nSPS) is 25.1. The molecule has 2 rings (SSSR count). The summed E-state index contributed by atoms with van der Waals surface area (Å²) < 4.78 is 10.6. The van der Waals surface area contributed by atoms with E-state index in [0.717, 1.165) is 18.7 Å². The summed E-state index contributed by atoms with van der Waals surface area (Å²) in [7, 11) is 2.03. The molecule has 0 aliphatic heterocycles. The van der Waals surface area contributed by atoms with Crippen molar-refractivity contribution in [3.8, 4) is 0 Å². The predicted octanol–water partition coefficient (Wildman–Crippen LogP) is 1.85. The fourth-order valence-electron chi connectivity index (χ4n) is 2.31. The molecule has 0 saturated heterocycles. The lowest BCUT2D eigenvalue weighted by molar-refractivity contribution is 0.126. The van der Waals surface area contributed by atoms with Crippen LogP contribution in [0, 0.1) is 0 Å². The van der Waals surface area contributed by atoms with Gasteiger partial charge >= 0.3 is 0 Å². The Hall–Kier alpha value is -0.940. The van der Waals surface area contributed by atoms with Gasteiger partial charge in [0.1, 0.15) is 6.61 Å². The van der Waals surface area contributed by atoms with Crippen LogP contribution in [0.15, 0.2) is 4.52 Å². The number of rotatable bonds is 5. The van der Waals surface area contributed by atoms with Crippen molar-refractivity contribution in [2.75, 3.05) is 13.7 Å². The molecule has 0 radical (unpaired) electrons. The molecule has 0 unspecified atom stereocenters. The van der Waals surface area contributed by atoms with Crippen LogP contribution in [0.5, 0.6) is 0 Å². The maximum atomic E-state index is 5.31. The third kappa shape index (κ3) is 3.26. The summed E-state index contributed by atoms with van der Waals surface area (Å²) in [6.07, 6.45) is 4.62. The zero-order chi connectivity index (χ0) is 12.1. The molecule has 1 aromatic rings. The quantitative estimate of drug-likeness (QED) is 0.849. The number of nitrogens with one attached hydrogen (secondary N) is 1. The lowest BCUT2D eigenvalue weighted by Crippen LogP contribution is -2.29. The van der Waals surface area contributed by atoms with Crippen molar-refractivity contribution >= 4 is 0 Å². The minimum Gasteiger partial charge on any atom is -0.374 e. The molecule has 1 N–H and O–H groups in total. The van der Waals surface area contributed by atoms with Crippen LogP contribution in [0.1, 0.15) is 50.2 Å². The van der Waals surface area contributed by atoms with Crippen molar-refractivity contribution in [1.29, 1.82) is 0 Å². The molecule has 96 valence electrons. The molecule has 1 aliphatic carbocycles. The molecule has 5 heteroatoms. The molecule has 0 amide bonds. The van der Waals surface area contributed by atoms with E-state index in [1.165, 1.54) is 12.8 Å². The SMILES string of the molecule is CCOCc1noc(C2CCC(NC)CC2)n1. The molecular weight excluding hydrogens is 218 g/mol. The molecule has 1 fully saturated rings. The standard InChI is InChI=1S/C12H21N3O2/c1-3-16-8-11-14-12(17-15-11)9-4-6-10(13-2)7-5-9/h9-10,13H,3-8H2,1-2H3. The van der Waals surface area contributed by atoms with Crippen LogP contribution in [-0.2, 0) is 11.3 Å². The van der Waals surface area contributed by atoms with Gasteiger partial charge in [0.15, 0.2) is 5.82 Å². The number of ether oxygens (including phenoxy) is 1. The Labute approximate surface area is 102 Å². The minimum atomic E-state index is 0.433. The average molecular weight is 239 g/mol. The van der Waals surface area contributed by atoms with Gasteiger partial charge in [-0.15, -0.1) is 0 Å². The highest BCUT2D eigenvalue weighted by Gasteiger charge is 2.25. The van der Waals surface area contributed by atoms with E-state index in [1.807, 2.05) is 14.0 Å². The Morgan fingerprint density at radius 1 is 1.35 bits per heavy atom. The summed E-state index contributed by atoms with van der Waals surface area (Å²) in [4.78, 5) is 4.40. The van der Waals surface area contributed by atoms with E-state index < -0.39 is 0 Å². The smallest absolute Gasteiger partial charge is 0.229 e. The molecule has 5 nitrogen and oxygen atoms in total. The van der Waals surface area contributed by atoms with Crippen molar-refractivity contribution in [2.24, 2.45) is 0 Å². The Bertz CT molecular complexity index is 332. The van der Waals surface area contributed by atoms with E-state index in [0.29, 0.717) is 31.0 Å². The largest absolute Gasteiger partial charge is 0.374 e. The molecule has 0 atom stereocenters. The molecule has 1 aliphatic rings. The lowest BCUT2D eigenvalue weighted by Gasteiger charge is -2.25. The molecule has 17 heavy (non-hydrogen) atoms. The molecule has 1 heterocycles. The molecule has 0 aromatic carbocycles. The topological polar surface area (TPSA) is 60.2 Å². The monoisotopic (exact) mass is 239 g/mol. The highest BCUT2D eigenvalue weighted by atomic mass is 16.5. The molecular formula is C12H21N3O2. The van der Waals surface area contributed by atoms with Crippen LogP contribution in [0.2, 0.25) is 0 Å².